The lowest BCUT2D eigenvalue weighted by atomic mass is 9.98. The molecule has 0 spiro atoms. The summed E-state index contributed by atoms with van der Waals surface area (Å²) < 4.78 is 7.62. The molecule has 1 aromatic heterocycles. The number of amides is 1. The molecule has 0 aliphatic heterocycles. The molecule has 8 heteroatoms. The van der Waals surface area contributed by atoms with E-state index in [-0.39, 0.29) is 18.9 Å². The van der Waals surface area contributed by atoms with Gasteiger partial charge in [0.15, 0.2) is 0 Å². The number of hydrogen-bond donors (Lipinski definition) is 2. The summed E-state index contributed by atoms with van der Waals surface area (Å²) in [4.78, 5) is 23.8. The van der Waals surface area contributed by atoms with Crippen molar-refractivity contribution in [2.24, 2.45) is 7.05 Å². The number of carbonyl (C=O) groups excluding carboxylic acids is 1. The van der Waals surface area contributed by atoms with Crippen molar-refractivity contribution in [2.45, 2.75) is 18.4 Å². The topological polar surface area (TPSA) is 93.5 Å². The van der Waals surface area contributed by atoms with Gasteiger partial charge in [-0.15, -0.1) is 0 Å². The van der Waals surface area contributed by atoms with Gasteiger partial charge in [0.1, 0.15) is 11.2 Å². The van der Waals surface area contributed by atoms with Gasteiger partial charge in [0, 0.05) is 13.0 Å². The van der Waals surface area contributed by atoms with Crippen LogP contribution in [0.1, 0.15) is 35.2 Å². The summed E-state index contributed by atoms with van der Waals surface area (Å²) >= 11 is 3.27. The number of fused-ring (bicyclic) bond motifs is 3. The van der Waals surface area contributed by atoms with Gasteiger partial charge in [0.25, 0.3) is 0 Å². The highest BCUT2D eigenvalue weighted by Gasteiger charge is 2.29. The van der Waals surface area contributed by atoms with E-state index in [1.807, 2.05) is 36.4 Å². The summed E-state index contributed by atoms with van der Waals surface area (Å²) in [5.74, 6) is -1.09. The molecule has 4 rings (SSSR count). The summed E-state index contributed by atoms with van der Waals surface area (Å²) in [5.41, 5.74) is 5.09. The fourth-order valence-corrected chi connectivity index (χ4v) is 4.43. The number of nitrogens with one attached hydrogen (secondary N) is 1. The van der Waals surface area contributed by atoms with Crippen LogP contribution < -0.4 is 5.32 Å². The van der Waals surface area contributed by atoms with Gasteiger partial charge < -0.3 is 15.2 Å². The van der Waals surface area contributed by atoms with Crippen molar-refractivity contribution in [1.29, 1.82) is 0 Å². The molecule has 0 unspecified atom stereocenters. The maximum absolute atomic E-state index is 12.5. The van der Waals surface area contributed by atoms with Gasteiger partial charge in [-0.25, -0.2) is 4.79 Å². The number of ether oxygens (including phenoxy) is 1. The number of nitrogens with zero attached hydrogens (tertiary/aromatic N) is 2. The molecule has 2 aromatic carbocycles. The first-order chi connectivity index (χ1) is 14.4. The third kappa shape index (κ3) is 3.95. The second-order valence-electron chi connectivity index (χ2n) is 7.14. The van der Waals surface area contributed by atoms with Gasteiger partial charge in [-0.3, -0.25) is 9.48 Å². The van der Waals surface area contributed by atoms with E-state index >= 15 is 0 Å². The Morgan fingerprint density at radius 2 is 1.77 bits per heavy atom. The van der Waals surface area contributed by atoms with Crippen LogP contribution in [0.2, 0.25) is 0 Å². The van der Waals surface area contributed by atoms with Crippen molar-refractivity contribution < 1.29 is 19.4 Å². The maximum atomic E-state index is 12.5. The van der Waals surface area contributed by atoms with Crippen LogP contribution in [0.25, 0.3) is 11.1 Å². The van der Waals surface area contributed by atoms with Crippen molar-refractivity contribution in [3.05, 3.63) is 76.0 Å². The fraction of sp³-hybridized carbons (Fsp3) is 0.227. The van der Waals surface area contributed by atoms with Crippen LogP contribution >= 0.6 is 15.9 Å². The Hall–Kier alpha value is -3.13. The zero-order chi connectivity index (χ0) is 21.3. The van der Waals surface area contributed by atoms with E-state index in [1.54, 1.807) is 13.1 Å². The van der Waals surface area contributed by atoms with E-state index < -0.39 is 18.1 Å². The number of hydrogen-bond acceptors (Lipinski definition) is 4. The zero-order valence-electron chi connectivity index (χ0n) is 16.2. The minimum atomic E-state index is -1.03. The van der Waals surface area contributed by atoms with Crippen molar-refractivity contribution in [3.8, 4) is 11.1 Å². The Kier molecular flexibility index (Phi) is 5.59. The van der Waals surface area contributed by atoms with E-state index in [0.717, 1.165) is 22.3 Å². The Bertz CT molecular complexity index is 1070. The highest BCUT2D eigenvalue weighted by molar-refractivity contribution is 9.10. The predicted octanol–water partition coefficient (Wildman–Crippen LogP) is 4.24. The van der Waals surface area contributed by atoms with E-state index in [1.165, 1.54) is 4.68 Å². The van der Waals surface area contributed by atoms with Gasteiger partial charge >= 0.3 is 12.1 Å². The first-order valence-corrected chi connectivity index (χ1v) is 10.3. The molecule has 0 saturated carbocycles. The van der Waals surface area contributed by atoms with Crippen LogP contribution in [0, 0.1) is 0 Å². The summed E-state index contributed by atoms with van der Waals surface area (Å²) in [6.07, 6.45) is -0.948. The number of aromatic nitrogens is 2. The Morgan fingerprint density at radius 1 is 1.17 bits per heavy atom. The minimum Gasteiger partial charge on any atom is -0.481 e. The summed E-state index contributed by atoms with van der Waals surface area (Å²) in [6.45, 7) is 0.161. The molecule has 3 aromatic rings. The fourth-order valence-electron chi connectivity index (χ4n) is 3.96. The molecule has 0 radical (unpaired) electrons. The first kappa shape index (κ1) is 20.2. The summed E-state index contributed by atoms with van der Waals surface area (Å²) in [5, 5.41) is 16.1. The third-order valence-electron chi connectivity index (χ3n) is 5.26. The van der Waals surface area contributed by atoms with E-state index in [9.17, 15) is 14.7 Å². The van der Waals surface area contributed by atoms with E-state index in [2.05, 4.69) is 38.5 Å². The van der Waals surface area contributed by atoms with Gasteiger partial charge in [-0.2, -0.15) is 5.10 Å². The Balaban J connectivity index is 1.49. The molecule has 1 heterocycles. The molecule has 0 bridgehead atoms. The van der Waals surface area contributed by atoms with Crippen LogP contribution in [0.3, 0.4) is 0 Å². The number of rotatable bonds is 6. The first-order valence-electron chi connectivity index (χ1n) is 9.46. The molecule has 7 nitrogen and oxygen atoms in total. The van der Waals surface area contributed by atoms with Crippen LogP contribution in [0.15, 0.2) is 59.2 Å². The molecule has 1 amide bonds. The number of alkyl carbamates (subject to hydrolysis) is 1. The van der Waals surface area contributed by atoms with Crippen molar-refractivity contribution in [3.63, 3.8) is 0 Å². The largest absolute Gasteiger partial charge is 0.481 e. The van der Waals surface area contributed by atoms with Crippen molar-refractivity contribution >= 4 is 28.0 Å². The molecule has 0 saturated heterocycles. The molecular weight excluding hydrogens is 450 g/mol. The lowest BCUT2D eigenvalue weighted by molar-refractivity contribution is -0.137. The highest BCUT2D eigenvalue weighted by Crippen LogP contribution is 2.44. The number of aliphatic carboxylic acids is 1. The normalized spacial score (nSPS) is 13.4. The monoisotopic (exact) mass is 469 g/mol. The van der Waals surface area contributed by atoms with E-state index in [4.69, 9.17) is 4.74 Å². The zero-order valence-corrected chi connectivity index (χ0v) is 17.8. The number of carboxylic acids is 1. The number of halogens is 1. The van der Waals surface area contributed by atoms with Crippen LogP contribution in [0.5, 0.6) is 0 Å². The average molecular weight is 470 g/mol. The molecule has 154 valence electrons. The van der Waals surface area contributed by atoms with Gasteiger partial charge in [0.05, 0.1) is 18.2 Å². The molecule has 30 heavy (non-hydrogen) atoms. The average Bonchev–Trinajstić information content (AvgIpc) is 3.22. The van der Waals surface area contributed by atoms with Crippen molar-refractivity contribution in [1.82, 2.24) is 15.1 Å². The quantitative estimate of drug-likeness (QED) is 0.562. The maximum Gasteiger partial charge on any atom is 0.407 e. The standard InChI is InChI=1S/C22H20BrN3O4/c1-26-19(11-20(23)25-26)18(10-21(27)28)24-22(29)30-12-17-15-8-4-2-6-13(15)14-7-3-5-9-16(14)17/h2-9,11,17-18H,10,12H2,1H3,(H,24,29)(H,27,28)/t18-/m1/s1. The second kappa shape index (κ2) is 8.31. The summed E-state index contributed by atoms with van der Waals surface area (Å²) in [6, 6.07) is 17.1. The summed E-state index contributed by atoms with van der Waals surface area (Å²) in [7, 11) is 1.69. The smallest absolute Gasteiger partial charge is 0.407 e. The third-order valence-corrected chi connectivity index (χ3v) is 5.65. The second-order valence-corrected chi connectivity index (χ2v) is 7.95. The van der Waals surface area contributed by atoms with Gasteiger partial charge in [-0.05, 0) is 44.3 Å². The van der Waals surface area contributed by atoms with Crippen LogP contribution in [-0.2, 0) is 16.6 Å². The lowest BCUT2D eigenvalue weighted by Gasteiger charge is -2.19. The molecule has 1 atom stereocenters. The number of carboxylic acid groups (broad SMARTS) is 1. The van der Waals surface area contributed by atoms with Gasteiger partial charge in [-0.1, -0.05) is 48.5 Å². The molecule has 0 fully saturated rings. The molecule has 2 N–H and O–H groups in total. The predicted molar refractivity (Wildman–Crippen MR) is 114 cm³/mol. The number of carbonyl (C=O) groups is 2. The number of aryl methyl sites for hydroxylation is 1. The van der Waals surface area contributed by atoms with Crippen molar-refractivity contribution in [2.75, 3.05) is 6.61 Å². The molecule has 1 aliphatic rings. The van der Waals surface area contributed by atoms with Crippen LogP contribution in [-0.4, -0.2) is 33.6 Å². The van der Waals surface area contributed by atoms with Gasteiger partial charge in [0.2, 0.25) is 0 Å². The highest BCUT2D eigenvalue weighted by atomic mass is 79.9. The number of benzene rings is 2. The molecule has 1 aliphatic carbocycles. The lowest BCUT2D eigenvalue weighted by Crippen LogP contribution is -2.32. The minimum absolute atomic E-state index is 0.0630. The molecular formula is C22H20BrN3O4. The SMILES string of the molecule is Cn1nc(Br)cc1[C@@H](CC(=O)O)NC(=O)OCC1c2ccccc2-c2ccccc21. The Labute approximate surface area is 181 Å². The Morgan fingerprint density at radius 3 is 2.30 bits per heavy atom. The van der Waals surface area contributed by atoms with Crippen LogP contribution in [0.4, 0.5) is 4.79 Å². The van der Waals surface area contributed by atoms with E-state index in [0.29, 0.717) is 10.3 Å².